The summed E-state index contributed by atoms with van der Waals surface area (Å²) in [5.74, 6) is -0.934. The molecule has 1 aromatic heterocycles. The number of aromatic nitrogens is 2. The SMILES string of the molecule is NS(=O)(=O)c1ccc([C@H]2C[C@@H]2c2nc(-c3ccc(F)cc3F)no2)cc1. The fourth-order valence-corrected chi connectivity index (χ4v) is 3.42. The van der Waals surface area contributed by atoms with E-state index in [0.29, 0.717) is 5.89 Å². The lowest BCUT2D eigenvalue weighted by molar-refractivity contribution is 0.378. The highest BCUT2D eigenvalue weighted by Crippen LogP contribution is 2.54. The maximum Gasteiger partial charge on any atom is 0.238 e. The van der Waals surface area contributed by atoms with Gasteiger partial charge in [-0.25, -0.2) is 22.3 Å². The molecule has 1 heterocycles. The number of primary sulfonamides is 1. The predicted molar refractivity (Wildman–Crippen MR) is 87.6 cm³/mol. The molecule has 1 aliphatic rings. The number of sulfonamides is 1. The molecule has 0 saturated heterocycles. The molecule has 1 saturated carbocycles. The van der Waals surface area contributed by atoms with Crippen molar-refractivity contribution in [2.24, 2.45) is 5.14 Å². The van der Waals surface area contributed by atoms with Crippen molar-refractivity contribution >= 4 is 10.0 Å². The van der Waals surface area contributed by atoms with Crippen molar-refractivity contribution in [2.45, 2.75) is 23.2 Å². The van der Waals surface area contributed by atoms with Crippen molar-refractivity contribution < 1.29 is 21.7 Å². The van der Waals surface area contributed by atoms with Crippen LogP contribution in [-0.4, -0.2) is 18.6 Å². The first-order valence-corrected chi connectivity index (χ1v) is 9.29. The van der Waals surface area contributed by atoms with Crippen molar-refractivity contribution in [2.75, 3.05) is 0 Å². The molecule has 2 atom stereocenters. The Balaban J connectivity index is 1.53. The van der Waals surface area contributed by atoms with Gasteiger partial charge in [0.1, 0.15) is 11.6 Å². The fourth-order valence-electron chi connectivity index (χ4n) is 2.91. The van der Waals surface area contributed by atoms with Gasteiger partial charge in [0.15, 0.2) is 0 Å². The average molecular weight is 377 g/mol. The van der Waals surface area contributed by atoms with Gasteiger partial charge in [-0.05, 0) is 42.2 Å². The summed E-state index contributed by atoms with van der Waals surface area (Å²) in [5, 5.41) is 8.85. The first kappa shape index (κ1) is 16.8. The van der Waals surface area contributed by atoms with Crippen molar-refractivity contribution in [1.82, 2.24) is 10.1 Å². The summed E-state index contributed by atoms with van der Waals surface area (Å²) in [4.78, 5) is 4.26. The second-order valence-electron chi connectivity index (χ2n) is 6.14. The lowest BCUT2D eigenvalue weighted by Crippen LogP contribution is -2.11. The number of hydrogen-bond acceptors (Lipinski definition) is 5. The minimum Gasteiger partial charge on any atom is -0.339 e. The Bertz CT molecular complexity index is 1080. The number of hydrogen-bond donors (Lipinski definition) is 1. The summed E-state index contributed by atoms with van der Waals surface area (Å²) < 4.78 is 54.6. The van der Waals surface area contributed by atoms with Gasteiger partial charge in [-0.3, -0.25) is 0 Å². The number of halogens is 2. The van der Waals surface area contributed by atoms with E-state index in [1.165, 1.54) is 18.2 Å². The third-order valence-corrected chi connectivity index (χ3v) is 5.29. The molecule has 0 bridgehead atoms. The molecule has 0 spiro atoms. The van der Waals surface area contributed by atoms with Crippen LogP contribution >= 0.6 is 0 Å². The summed E-state index contributed by atoms with van der Waals surface area (Å²) in [6, 6.07) is 9.44. The molecular formula is C17H13F2N3O3S. The Morgan fingerprint density at radius 2 is 1.81 bits per heavy atom. The summed E-state index contributed by atoms with van der Waals surface area (Å²) in [7, 11) is -3.73. The van der Waals surface area contributed by atoms with Gasteiger partial charge in [0.25, 0.3) is 0 Å². The smallest absolute Gasteiger partial charge is 0.238 e. The van der Waals surface area contributed by atoms with Crippen molar-refractivity contribution in [1.29, 1.82) is 0 Å². The molecule has 9 heteroatoms. The number of nitrogens with two attached hydrogens (primary N) is 1. The fraction of sp³-hybridized carbons (Fsp3) is 0.176. The molecule has 4 rings (SSSR count). The van der Waals surface area contributed by atoms with E-state index in [1.54, 1.807) is 12.1 Å². The van der Waals surface area contributed by atoms with Crippen LogP contribution < -0.4 is 5.14 Å². The van der Waals surface area contributed by atoms with E-state index in [2.05, 4.69) is 10.1 Å². The van der Waals surface area contributed by atoms with Crippen LogP contribution in [0.25, 0.3) is 11.4 Å². The molecule has 1 fully saturated rings. The maximum absolute atomic E-state index is 13.8. The molecule has 2 N–H and O–H groups in total. The highest BCUT2D eigenvalue weighted by atomic mass is 32.2. The Kier molecular flexibility index (Phi) is 3.85. The summed E-state index contributed by atoms with van der Waals surface area (Å²) >= 11 is 0. The van der Waals surface area contributed by atoms with Crippen LogP contribution in [0.3, 0.4) is 0 Å². The molecule has 0 unspecified atom stereocenters. The van der Waals surface area contributed by atoms with E-state index in [9.17, 15) is 17.2 Å². The van der Waals surface area contributed by atoms with Gasteiger partial charge >= 0.3 is 0 Å². The Labute approximate surface area is 147 Å². The number of rotatable bonds is 4. The first-order chi connectivity index (χ1) is 12.3. The topological polar surface area (TPSA) is 99.1 Å². The Morgan fingerprint density at radius 1 is 1.08 bits per heavy atom. The van der Waals surface area contributed by atoms with E-state index in [4.69, 9.17) is 9.66 Å². The zero-order valence-corrected chi connectivity index (χ0v) is 14.1. The minimum absolute atomic E-state index is 0.0277. The number of benzene rings is 2. The van der Waals surface area contributed by atoms with Crippen molar-refractivity contribution in [3.63, 3.8) is 0 Å². The zero-order chi connectivity index (χ0) is 18.5. The Hall–Kier alpha value is -2.65. The zero-order valence-electron chi connectivity index (χ0n) is 13.3. The predicted octanol–water partition coefficient (Wildman–Crippen LogP) is 2.93. The molecule has 6 nitrogen and oxygen atoms in total. The highest BCUT2D eigenvalue weighted by Gasteiger charge is 2.43. The third-order valence-electron chi connectivity index (χ3n) is 4.36. The molecule has 134 valence electrons. The molecule has 0 radical (unpaired) electrons. The van der Waals surface area contributed by atoms with Gasteiger partial charge in [-0.1, -0.05) is 17.3 Å². The average Bonchev–Trinajstić information content (AvgIpc) is 3.24. The third kappa shape index (κ3) is 3.11. The molecule has 0 amide bonds. The van der Waals surface area contributed by atoms with Crippen LogP contribution in [0.1, 0.15) is 29.7 Å². The molecule has 3 aromatic rings. The van der Waals surface area contributed by atoms with E-state index < -0.39 is 21.7 Å². The Morgan fingerprint density at radius 3 is 2.46 bits per heavy atom. The largest absolute Gasteiger partial charge is 0.339 e. The quantitative estimate of drug-likeness (QED) is 0.754. The van der Waals surface area contributed by atoms with Crippen LogP contribution in [-0.2, 0) is 10.0 Å². The van der Waals surface area contributed by atoms with E-state index in [1.807, 2.05) is 0 Å². The number of nitrogens with zero attached hydrogens (tertiary/aromatic N) is 2. The van der Waals surface area contributed by atoms with Crippen LogP contribution in [0.4, 0.5) is 8.78 Å². The van der Waals surface area contributed by atoms with Crippen LogP contribution in [0.5, 0.6) is 0 Å². The monoisotopic (exact) mass is 377 g/mol. The van der Waals surface area contributed by atoms with E-state index in [0.717, 1.165) is 24.1 Å². The van der Waals surface area contributed by atoms with Gasteiger partial charge in [-0.2, -0.15) is 4.98 Å². The van der Waals surface area contributed by atoms with E-state index in [-0.39, 0.29) is 28.1 Å². The van der Waals surface area contributed by atoms with Crippen LogP contribution in [0, 0.1) is 11.6 Å². The van der Waals surface area contributed by atoms with Gasteiger partial charge < -0.3 is 4.52 Å². The van der Waals surface area contributed by atoms with Gasteiger partial charge in [0, 0.05) is 12.0 Å². The van der Waals surface area contributed by atoms with E-state index >= 15 is 0 Å². The molecule has 0 aliphatic heterocycles. The first-order valence-electron chi connectivity index (χ1n) is 7.75. The van der Waals surface area contributed by atoms with Crippen molar-refractivity contribution in [3.8, 4) is 11.4 Å². The summed E-state index contributed by atoms with van der Waals surface area (Å²) in [6.45, 7) is 0. The van der Waals surface area contributed by atoms with Gasteiger partial charge in [0.05, 0.1) is 10.5 Å². The lowest BCUT2D eigenvalue weighted by Gasteiger charge is -2.01. The van der Waals surface area contributed by atoms with Crippen LogP contribution in [0.15, 0.2) is 51.9 Å². The molecular weight excluding hydrogens is 364 g/mol. The second kappa shape index (κ2) is 5.96. The van der Waals surface area contributed by atoms with Gasteiger partial charge in [-0.15, -0.1) is 0 Å². The second-order valence-corrected chi connectivity index (χ2v) is 7.70. The normalized spacial score (nSPS) is 19.5. The molecule has 26 heavy (non-hydrogen) atoms. The van der Waals surface area contributed by atoms with Gasteiger partial charge in [0.2, 0.25) is 21.7 Å². The minimum atomic E-state index is -3.73. The summed E-state index contributed by atoms with van der Waals surface area (Å²) in [5.41, 5.74) is 0.992. The standard InChI is InChI=1S/C17H13F2N3O3S/c18-10-3-6-12(15(19)7-10)16-21-17(25-22-16)14-8-13(14)9-1-4-11(5-2-9)26(20,23)24/h1-7,13-14H,8H2,(H2,20,23,24)/t13-,14+/m1/s1. The summed E-state index contributed by atoms with van der Waals surface area (Å²) in [6.07, 6.45) is 0.752. The molecule has 1 aliphatic carbocycles. The molecule has 2 aromatic carbocycles. The maximum atomic E-state index is 13.8. The van der Waals surface area contributed by atoms with Crippen molar-refractivity contribution in [3.05, 3.63) is 65.6 Å². The lowest BCUT2D eigenvalue weighted by atomic mass is 10.1. The highest BCUT2D eigenvalue weighted by molar-refractivity contribution is 7.89. The van der Waals surface area contributed by atoms with Crippen LogP contribution in [0.2, 0.25) is 0 Å².